The highest BCUT2D eigenvalue weighted by atomic mass is 31.2. The van der Waals surface area contributed by atoms with Gasteiger partial charge in [-0.3, -0.25) is 14.7 Å². The number of para-hydroxylation sites is 1. The summed E-state index contributed by atoms with van der Waals surface area (Å²) >= 11 is 0. The number of imidazole rings is 1. The summed E-state index contributed by atoms with van der Waals surface area (Å²) in [6.07, 6.45) is -0.274. The number of anilines is 1. The van der Waals surface area contributed by atoms with Gasteiger partial charge in [0.15, 0.2) is 30.2 Å². The first kappa shape index (κ1) is 39.0. The monoisotopic (exact) mass is 809 g/mol. The Morgan fingerprint density at radius 3 is 2.40 bits per heavy atom. The smallest absolute Gasteiger partial charge is 0.264 e. The van der Waals surface area contributed by atoms with Crippen LogP contribution in [0.2, 0.25) is 12.6 Å². The summed E-state index contributed by atoms with van der Waals surface area (Å²) < 4.78 is 52.1. The zero-order valence-corrected chi connectivity index (χ0v) is 33.7. The van der Waals surface area contributed by atoms with E-state index in [-0.39, 0.29) is 54.8 Å². The molecule has 0 spiro atoms. The number of fused-ring (bicyclic) bond motifs is 2. The maximum absolute atomic E-state index is 17.0. The van der Waals surface area contributed by atoms with Crippen LogP contribution in [0.25, 0.3) is 11.2 Å². The number of rotatable bonds is 15. The van der Waals surface area contributed by atoms with Crippen molar-refractivity contribution in [1.82, 2.24) is 24.2 Å². The van der Waals surface area contributed by atoms with Gasteiger partial charge in [-0.1, -0.05) is 103 Å². The number of carbonyl (C=O) groups excluding carboxylic acids is 1. The van der Waals surface area contributed by atoms with Gasteiger partial charge in [0.2, 0.25) is 11.8 Å². The van der Waals surface area contributed by atoms with Gasteiger partial charge < -0.3 is 23.3 Å². The normalized spacial score (nSPS) is 24.6. The van der Waals surface area contributed by atoms with Crippen LogP contribution >= 0.6 is 8.53 Å². The van der Waals surface area contributed by atoms with E-state index in [2.05, 4.69) is 92.1 Å². The number of halogens is 1. The third-order valence-corrected chi connectivity index (χ3v) is 17.2. The Labute approximate surface area is 333 Å². The van der Waals surface area contributed by atoms with Crippen molar-refractivity contribution >= 4 is 50.0 Å². The first-order valence-electron chi connectivity index (χ1n) is 19.4. The van der Waals surface area contributed by atoms with Crippen molar-refractivity contribution in [1.29, 1.82) is 5.26 Å². The maximum atomic E-state index is 17.0. The molecule has 2 aromatic heterocycles. The van der Waals surface area contributed by atoms with E-state index in [4.69, 9.17) is 28.5 Å². The van der Waals surface area contributed by atoms with Crippen molar-refractivity contribution in [3.8, 4) is 17.7 Å². The predicted octanol–water partition coefficient (Wildman–Crippen LogP) is 6.15. The SMILES string of the molecule is CC[C@H]1O[C@@H](n2cnc3c(OCCC#N)nc(NC(=O)COc4ccccc4)nc32)C(F)[C@H]1O[P@]1O[C@@H](C[Si](C)(c2ccccc2)c2ccccc2)[C@H]2CCCN21. The van der Waals surface area contributed by atoms with Crippen LogP contribution < -0.4 is 25.2 Å². The molecule has 3 saturated heterocycles. The molecule has 0 bridgehead atoms. The molecular weight excluding hydrogens is 765 g/mol. The average molecular weight is 810 g/mol. The fraction of sp³-hybridized carbons (Fsp3) is 0.390. The minimum atomic E-state index is -2.24. The molecule has 3 aliphatic heterocycles. The van der Waals surface area contributed by atoms with Gasteiger partial charge in [0.1, 0.15) is 26.5 Å². The van der Waals surface area contributed by atoms with Gasteiger partial charge in [0, 0.05) is 12.6 Å². The number of carbonyl (C=O) groups is 1. The standard InChI is InChI=1S/C41H45FN7O6PSi/c1-3-32-37(55-56-49-23-13-21-31(49)33(54-56)26-57(2,29-17-9-5-10-18-29)30-19-11-6-12-20-30)35(42)40(53-32)48-27-44-36-38(48)46-41(47-39(36)51-24-14-22-43)45-34(50)25-52-28-15-7-4-8-16-28/h4-12,15-20,27,31-33,35,37,40H,3,13-14,21,23-26H2,1-2H3,(H,45,46,47,50)/t31-,32-,33+,35?,37+,40-,56+/m1/s1. The third kappa shape index (κ3) is 8.16. The van der Waals surface area contributed by atoms with Crippen LogP contribution in [-0.4, -0.2) is 88.5 Å². The fourth-order valence-electron chi connectivity index (χ4n) is 8.01. The third-order valence-electron chi connectivity index (χ3n) is 10.9. The number of ether oxygens (including phenoxy) is 3. The largest absolute Gasteiger partial charge is 0.484 e. The van der Waals surface area contributed by atoms with E-state index in [1.807, 2.05) is 19.1 Å². The fourth-order valence-corrected chi connectivity index (χ4v) is 14.0. The first-order chi connectivity index (χ1) is 27.9. The summed E-state index contributed by atoms with van der Waals surface area (Å²) in [6.45, 7) is 4.91. The van der Waals surface area contributed by atoms with Crippen LogP contribution in [0.4, 0.5) is 10.3 Å². The summed E-state index contributed by atoms with van der Waals surface area (Å²) in [6, 6.07) is 33.5. The molecule has 13 nitrogen and oxygen atoms in total. The highest BCUT2D eigenvalue weighted by Crippen LogP contribution is 2.59. The lowest BCUT2D eigenvalue weighted by atomic mass is 10.1. The van der Waals surface area contributed by atoms with Gasteiger partial charge in [-0.15, -0.1) is 0 Å². The Balaban J connectivity index is 1.02. The predicted molar refractivity (Wildman–Crippen MR) is 216 cm³/mol. The van der Waals surface area contributed by atoms with Crippen LogP contribution in [0, 0.1) is 11.3 Å². The molecular formula is C41H45FN7O6PSi. The van der Waals surface area contributed by atoms with Crippen LogP contribution in [0.15, 0.2) is 97.3 Å². The summed E-state index contributed by atoms with van der Waals surface area (Å²) in [5, 5.41) is 14.5. The van der Waals surface area contributed by atoms with Crippen LogP contribution in [0.1, 0.15) is 38.8 Å². The highest BCUT2D eigenvalue weighted by molar-refractivity contribution is 7.45. The summed E-state index contributed by atoms with van der Waals surface area (Å²) in [7, 11) is -3.80. The summed E-state index contributed by atoms with van der Waals surface area (Å²) in [4.78, 5) is 26.3. The van der Waals surface area contributed by atoms with Gasteiger partial charge in [-0.05, 0) is 37.4 Å². The molecule has 0 radical (unpaired) electrons. The molecule has 3 aromatic carbocycles. The molecule has 57 heavy (non-hydrogen) atoms. The number of nitriles is 1. The molecule has 5 aromatic rings. The van der Waals surface area contributed by atoms with E-state index in [9.17, 15) is 4.79 Å². The molecule has 0 aliphatic carbocycles. The molecule has 7 atom stereocenters. The quantitative estimate of drug-likeness (QED) is 0.0739. The summed E-state index contributed by atoms with van der Waals surface area (Å²) in [5.74, 6) is -0.0455. The number of nitrogens with one attached hydrogen (secondary N) is 1. The molecule has 3 aliphatic rings. The van der Waals surface area contributed by atoms with Gasteiger partial charge in [-0.25, -0.2) is 14.0 Å². The molecule has 16 heteroatoms. The lowest BCUT2D eigenvalue weighted by molar-refractivity contribution is -0.118. The maximum Gasteiger partial charge on any atom is 0.264 e. The van der Waals surface area contributed by atoms with E-state index in [1.165, 1.54) is 21.3 Å². The Morgan fingerprint density at radius 1 is 1.02 bits per heavy atom. The summed E-state index contributed by atoms with van der Waals surface area (Å²) in [5.41, 5.74) is 0.419. The molecule has 1 unspecified atom stereocenters. The second-order valence-corrected chi connectivity index (χ2v) is 20.2. The number of hydrogen-bond acceptors (Lipinski definition) is 11. The lowest BCUT2D eigenvalue weighted by Crippen LogP contribution is -2.58. The molecule has 0 saturated carbocycles. The number of aromatic nitrogens is 4. The Kier molecular flexibility index (Phi) is 11.9. The van der Waals surface area contributed by atoms with E-state index in [0.29, 0.717) is 12.2 Å². The van der Waals surface area contributed by atoms with Gasteiger partial charge in [0.25, 0.3) is 14.4 Å². The van der Waals surface area contributed by atoms with Crippen LogP contribution in [0.3, 0.4) is 0 Å². The van der Waals surface area contributed by atoms with Crippen molar-refractivity contribution in [2.24, 2.45) is 0 Å². The minimum Gasteiger partial charge on any atom is -0.484 e. The van der Waals surface area contributed by atoms with Gasteiger partial charge >= 0.3 is 0 Å². The van der Waals surface area contributed by atoms with Crippen LogP contribution in [0.5, 0.6) is 11.6 Å². The van der Waals surface area contributed by atoms with E-state index in [1.54, 1.807) is 24.3 Å². The molecule has 5 heterocycles. The first-order valence-corrected chi connectivity index (χ1v) is 23.2. The zero-order valence-electron chi connectivity index (χ0n) is 31.8. The Hall–Kier alpha value is -4.81. The number of amides is 1. The van der Waals surface area contributed by atoms with E-state index < -0.39 is 47.1 Å². The van der Waals surface area contributed by atoms with E-state index >= 15 is 4.39 Å². The number of nitrogens with zero attached hydrogens (tertiary/aromatic N) is 6. The second-order valence-electron chi connectivity index (χ2n) is 14.6. The topological polar surface area (TPSA) is 146 Å². The molecule has 3 fully saturated rings. The number of benzene rings is 3. The molecule has 1 N–H and O–H groups in total. The van der Waals surface area contributed by atoms with Crippen molar-refractivity contribution in [3.63, 3.8) is 0 Å². The van der Waals surface area contributed by atoms with Crippen LogP contribution in [-0.2, 0) is 18.6 Å². The molecule has 1 amide bonds. The number of hydrogen-bond donors (Lipinski definition) is 1. The second kappa shape index (κ2) is 17.4. The van der Waals surface area contributed by atoms with Crippen molar-refractivity contribution in [3.05, 3.63) is 97.3 Å². The van der Waals surface area contributed by atoms with Gasteiger partial charge in [-0.2, -0.15) is 15.2 Å². The zero-order chi connectivity index (χ0) is 39.4. The highest BCUT2D eigenvalue weighted by Gasteiger charge is 2.54. The van der Waals surface area contributed by atoms with Crippen molar-refractivity contribution < 1.29 is 32.4 Å². The lowest BCUT2D eigenvalue weighted by Gasteiger charge is -2.32. The van der Waals surface area contributed by atoms with E-state index in [0.717, 1.165) is 25.4 Å². The Bertz CT molecular complexity index is 2150. The Morgan fingerprint density at radius 2 is 1.72 bits per heavy atom. The average Bonchev–Trinajstić information content (AvgIpc) is 4.03. The van der Waals surface area contributed by atoms with Gasteiger partial charge in [0.05, 0.1) is 31.0 Å². The number of alkyl halides is 1. The van der Waals surface area contributed by atoms with Crippen molar-refractivity contribution in [2.75, 3.05) is 25.1 Å². The minimum absolute atomic E-state index is 0.0276. The van der Waals surface area contributed by atoms with Crippen molar-refractivity contribution in [2.45, 2.75) is 82.0 Å². The molecule has 296 valence electrons. The molecule has 8 rings (SSSR count).